The molecule has 1 aliphatic heterocycles. The molecule has 0 unspecified atom stereocenters. The zero-order valence-corrected chi connectivity index (χ0v) is 19.9. The van der Waals surface area contributed by atoms with Crippen LogP contribution in [0.2, 0.25) is 5.02 Å². The van der Waals surface area contributed by atoms with Gasteiger partial charge in [0, 0.05) is 5.02 Å². The lowest BCUT2D eigenvalue weighted by Crippen LogP contribution is -2.27. The fourth-order valence-electron chi connectivity index (χ4n) is 3.16. The maximum atomic E-state index is 12.9. The van der Waals surface area contributed by atoms with Crippen molar-refractivity contribution in [1.29, 1.82) is 0 Å². The molecule has 8 heteroatoms. The Morgan fingerprint density at radius 3 is 2.48 bits per heavy atom. The number of nitrogens with zero attached hydrogens (tertiary/aromatic N) is 1. The minimum atomic E-state index is -0.528. The molecule has 3 aromatic carbocycles. The van der Waals surface area contributed by atoms with Gasteiger partial charge in [0.2, 0.25) is 0 Å². The number of carbonyl (C=O) groups is 2. The maximum absolute atomic E-state index is 12.9. The average molecular weight is 496 g/mol. The van der Waals surface area contributed by atoms with E-state index in [-0.39, 0.29) is 11.7 Å². The van der Waals surface area contributed by atoms with Gasteiger partial charge >= 0.3 is 5.97 Å². The first-order valence-corrected chi connectivity index (χ1v) is 11.5. The zero-order chi connectivity index (χ0) is 23.4. The number of methoxy groups -OCH3 is 1. The van der Waals surface area contributed by atoms with E-state index in [1.807, 2.05) is 30.3 Å². The molecule has 0 saturated carbocycles. The van der Waals surface area contributed by atoms with E-state index in [0.29, 0.717) is 32.1 Å². The molecule has 33 heavy (non-hydrogen) atoms. The number of thiocarbonyl (C=S) groups is 1. The number of amides is 1. The van der Waals surface area contributed by atoms with Crippen LogP contribution in [0.4, 0.5) is 0 Å². The van der Waals surface area contributed by atoms with Crippen molar-refractivity contribution in [3.8, 4) is 11.5 Å². The first-order valence-electron chi connectivity index (χ1n) is 9.89. The molecule has 1 aliphatic rings. The Kier molecular flexibility index (Phi) is 7.13. The number of benzene rings is 3. The predicted octanol–water partition coefficient (Wildman–Crippen LogP) is 5.97. The molecule has 3 aromatic rings. The number of carbonyl (C=O) groups excluding carboxylic acids is 2. The molecule has 0 atom stereocenters. The average Bonchev–Trinajstić information content (AvgIpc) is 3.08. The Balaban J connectivity index is 1.51. The highest BCUT2D eigenvalue weighted by molar-refractivity contribution is 8.26. The summed E-state index contributed by atoms with van der Waals surface area (Å²) >= 11 is 12.5. The second-order valence-electron chi connectivity index (χ2n) is 7.06. The normalized spacial score (nSPS) is 14.6. The van der Waals surface area contributed by atoms with Gasteiger partial charge in [-0.15, -0.1) is 0 Å². The van der Waals surface area contributed by atoms with Crippen molar-refractivity contribution < 1.29 is 19.1 Å². The van der Waals surface area contributed by atoms with Gasteiger partial charge in [0.1, 0.15) is 4.32 Å². The Labute approximate surface area is 205 Å². The number of esters is 1. The molecule has 0 bridgehead atoms. The van der Waals surface area contributed by atoms with Crippen molar-refractivity contribution in [2.24, 2.45) is 0 Å². The summed E-state index contributed by atoms with van der Waals surface area (Å²) in [5.74, 6) is -0.0392. The maximum Gasteiger partial charge on any atom is 0.343 e. The van der Waals surface area contributed by atoms with E-state index >= 15 is 0 Å². The minimum absolute atomic E-state index is 0.147. The second-order valence-corrected chi connectivity index (χ2v) is 9.17. The molecule has 1 amide bonds. The lowest BCUT2D eigenvalue weighted by atomic mass is 10.1. The van der Waals surface area contributed by atoms with Crippen LogP contribution >= 0.6 is 35.6 Å². The number of rotatable bonds is 6. The first-order chi connectivity index (χ1) is 15.9. The summed E-state index contributed by atoms with van der Waals surface area (Å²) in [6.07, 6.45) is 1.75. The summed E-state index contributed by atoms with van der Waals surface area (Å²) in [4.78, 5) is 27.4. The highest BCUT2D eigenvalue weighted by Crippen LogP contribution is 2.35. The van der Waals surface area contributed by atoms with Crippen molar-refractivity contribution in [3.05, 3.63) is 99.4 Å². The van der Waals surface area contributed by atoms with E-state index in [2.05, 4.69) is 0 Å². The number of ether oxygens (including phenoxy) is 2. The summed E-state index contributed by atoms with van der Waals surface area (Å²) in [6, 6.07) is 21.2. The molecule has 0 aliphatic carbocycles. The van der Waals surface area contributed by atoms with Gasteiger partial charge in [-0.2, -0.15) is 0 Å². The molecule has 1 saturated heterocycles. The van der Waals surface area contributed by atoms with Crippen LogP contribution in [-0.2, 0) is 11.3 Å². The number of hydrogen-bond acceptors (Lipinski definition) is 6. The third kappa shape index (κ3) is 5.45. The van der Waals surface area contributed by atoms with Gasteiger partial charge in [0.05, 0.1) is 24.1 Å². The van der Waals surface area contributed by atoms with Gasteiger partial charge < -0.3 is 9.47 Å². The molecular weight excluding hydrogens is 478 g/mol. The van der Waals surface area contributed by atoms with Gasteiger partial charge in [-0.25, -0.2) is 4.79 Å². The molecule has 0 radical (unpaired) electrons. The summed E-state index contributed by atoms with van der Waals surface area (Å²) in [5, 5.41) is 0.530. The molecule has 166 valence electrons. The summed E-state index contributed by atoms with van der Waals surface area (Å²) in [5.41, 5.74) is 2.09. The number of thioether (sulfide) groups is 1. The predicted molar refractivity (Wildman–Crippen MR) is 135 cm³/mol. The number of halogens is 1. The van der Waals surface area contributed by atoms with Crippen molar-refractivity contribution in [1.82, 2.24) is 4.90 Å². The van der Waals surface area contributed by atoms with Crippen molar-refractivity contribution in [2.45, 2.75) is 6.54 Å². The van der Waals surface area contributed by atoms with Crippen molar-refractivity contribution in [3.63, 3.8) is 0 Å². The standard InChI is InChI=1S/C25H18ClNO4S2/c1-30-21-13-17(7-12-20(21)31-24(29)18-8-10-19(26)11-9-18)14-22-23(28)27(25(32)33-22)15-16-5-3-2-4-6-16/h2-14H,15H2,1H3. The quantitative estimate of drug-likeness (QED) is 0.182. The van der Waals surface area contributed by atoms with Crippen LogP contribution < -0.4 is 9.47 Å². The zero-order valence-electron chi connectivity index (χ0n) is 17.5. The van der Waals surface area contributed by atoms with Crippen LogP contribution in [-0.4, -0.2) is 28.2 Å². The fraction of sp³-hybridized carbons (Fsp3) is 0.0800. The van der Waals surface area contributed by atoms with E-state index in [4.69, 9.17) is 33.3 Å². The molecule has 4 rings (SSSR count). The van der Waals surface area contributed by atoms with Crippen molar-refractivity contribution in [2.75, 3.05) is 7.11 Å². The Morgan fingerprint density at radius 1 is 1.06 bits per heavy atom. The van der Waals surface area contributed by atoms with Gasteiger partial charge in [-0.3, -0.25) is 9.69 Å². The van der Waals surface area contributed by atoms with E-state index in [1.165, 1.54) is 18.9 Å². The Bertz CT molecular complexity index is 1240. The molecule has 0 N–H and O–H groups in total. The van der Waals surface area contributed by atoms with E-state index in [1.54, 1.807) is 53.4 Å². The Hall–Kier alpha value is -3.13. The van der Waals surface area contributed by atoms with Crippen LogP contribution in [0.15, 0.2) is 77.7 Å². The summed E-state index contributed by atoms with van der Waals surface area (Å²) in [7, 11) is 1.48. The highest BCUT2D eigenvalue weighted by atomic mass is 35.5. The van der Waals surface area contributed by atoms with Gasteiger partial charge in [0.25, 0.3) is 5.91 Å². The topological polar surface area (TPSA) is 55.8 Å². The SMILES string of the molecule is COc1cc(C=C2SC(=S)N(Cc3ccccc3)C2=O)ccc1OC(=O)c1ccc(Cl)cc1. The first kappa shape index (κ1) is 23.0. The molecule has 1 heterocycles. The van der Waals surface area contributed by atoms with Crippen LogP contribution in [0.5, 0.6) is 11.5 Å². The van der Waals surface area contributed by atoms with Crippen LogP contribution in [0.3, 0.4) is 0 Å². The van der Waals surface area contributed by atoms with Crippen molar-refractivity contribution >= 4 is 57.9 Å². The van der Waals surface area contributed by atoms with Gasteiger partial charge in [-0.05, 0) is 53.6 Å². The van der Waals surface area contributed by atoms with Crippen LogP contribution in [0, 0.1) is 0 Å². The fourth-order valence-corrected chi connectivity index (χ4v) is 4.54. The number of hydrogen-bond donors (Lipinski definition) is 0. The molecule has 5 nitrogen and oxygen atoms in total. The van der Waals surface area contributed by atoms with E-state index in [9.17, 15) is 9.59 Å². The van der Waals surface area contributed by atoms with E-state index in [0.717, 1.165) is 11.1 Å². The second kappa shape index (κ2) is 10.2. The molecular formula is C25H18ClNO4S2. The third-order valence-electron chi connectivity index (χ3n) is 4.83. The molecule has 0 spiro atoms. The smallest absolute Gasteiger partial charge is 0.343 e. The molecule has 0 aromatic heterocycles. The largest absolute Gasteiger partial charge is 0.493 e. The van der Waals surface area contributed by atoms with Crippen LogP contribution in [0.1, 0.15) is 21.5 Å². The van der Waals surface area contributed by atoms with Gasteiger partial charge in [0.15, 0.2) is 11.5 Å². The Morgan fingerprint density at radius 2 is 1.79 bits per heavy atom. The lowest BCUT2D eigenvalue weighted by Gasteiger charge is -2.14. The monoisotopic (exact) mass is 495 g/mol. The van der Waals surface area contributed by atoms with Gasteiger partial charge in [-0.1, -0.05) is 72.0 Å². The highest BCUT2D eigenvalue weighted by Gasteiger charge is 2.32. The summed E-state index contributed by atoms with van der Waals surface area (Å²) in [6.45, 7) is 0.422. The lowest BCUT2D eigenvalue weighted by molar-refractivity contribution is -0.122. The van der Waals surface area contributed by atoms with E-state index < -0.39 is 5.97 Å². The van der Waals surface area contributed by atoms with Crippen LogP contribution in [0.25, 0.3) is 6.08 Å². The third-order valence-corrected chi connectivity index (χ3v) is 6.45. The molecule has 1 fully saturated rings. The minimum Gasteiger partial charge on any atom is -0.493 e. The summed E-state index contributed by atoms with van der Waals surface area (Å²) < 4.78 is 11.4.